The number of halogens is 1. The molecule has 2 heteroatoms. The van der Waals surface area contributed by atoms with Gasteiger partial charge in [-0.2, -0.15) is 0 Å². The average molecular weight is 185 g/mol. The van der Waals surface area contributed by atoms with Gasteiger partial charge >= 0.3 is 0 Å². The van der Waals surface area contributed by atoms with Gasteiger partial charge in [-0.1, -0.05) is 13.8 Å². The number of rotatable bonds is 2. The van der Waals surface area contributed by atoms with Crippen molar-refractivity contribution < 1.29 is 4.39 Å². The molecule has 0 bridgehead atoms. The molecule has 2 aliphatic rings. The summed E-state index contributed by atoms with van der Waals surface area (Å²) in [4.78, 5) is 2.30. The Morgan fingerprint density at radius 1 is 1.08 bits per heavy atom. The van der Waals surface area contributed by atoms with E-state index >= 15 is 0 Å². The molecule has 0 atom stereocenters. The van der Waals surface area contributed by atoms with Gasteiger partial charge in [-0.3, -0.25) is 0 Å². The van der Waals surface area contributed by atoms with E-state index in [4.69, 9.17) is 0 Å². The van der Waals surface area contributed by atoms with E-state index in [1.54, 1.807) is 0 Å². The Labute approximate surface area is 80.3 Å². The molecular weight excluding hydrogens is 165 g/mol. The number of alkyl halides is 1. The summed E-state index contributed by atoms with van der Waals surface area (Å²) in [5, 5.41) is 0. The second kappa shape index (κ2) is 2.94. The van der Waals surface area contributed by atoms with Crippen molar-refractivity contribution in [3.8, 4) is 0 Å². The highest BCUT2D eigenvalue weighted by molar-refractivity contribution is 4.97. The van der Waals surface area contributed by atoms with Crippen LogP contribution in [-0.2, 0) is 0 Å². The third-order valence-electron chi connectivity index (χ3n) is 3.51. The number of hydrogen-bond acceptors (Lipinski definition) is 1. The standard InChI is InChI=1S/C11H20FN/c1-10(2)5-7-13(8-6-10)9-11(12)3-4-11/h3-9H2,1-2H3. The molecule has 1 saturated carbocycles. The van der Waals surface area contributed by atoms with Crippen LogP contribution >= 0.6 is 0 Å². The van der Waals surface area contributed by atoms with Crippen molar-refractivity contribution in [1.82, 2.24) is 4.90 Å². The van der Waals surface area contributed by atoms with Gasteiger partial charge in [0.05, 0.1) is 0 Å². The monoisotopic (exact) mass is 185 g/mol. The summed E-state index contributed by atoms with van der Waals surface area (Å²) in [6.45, 7) is 7.51. The molecule has 0 aromatic rings. The summed E-state index contributed by atoms with van der Waals surface area (Å²) < 4.78 is 13.4. The summed E-state index contributed by atoms with van der Waals surface area (Å²) in [6.07, 6.45) is 4.05. The van der Waals surface area contributed by atoms with Crippen molar-refractivity contribution >= 4 is 0 Å². The van der Waals surface area contributed by atoms with Crippen LogP contribution in [0.1, 0.15) is 39.5 Å². The fourth-order valence-corrected chi connectivity index (χ4v) is 2.01. The van der Waals surface area contributed by atoms with E-state index < -0.39 is 5.67 Å². The van der Waals surface area contributed by atoms with E-state index in [9.17, 15) is 4.39 Å². The van der Waals surface area contributed by atoms with Crippen LogP contribution in [0.3, 0.4) is 0 Å². The first-order chi connectivity index (χ1) is 5.99. The zero-order chi connectivity index (χ0) is 9.53. The lowest BCUT2D eigenvalue weighted by Gasteiger charge is -2.37. The van der Waals surface area contributed by atoms with Crippen LogP contribution in [0.15, 0.2) is 0 Å². The molecule has 1 saturated heterocycles. The van der Waals surface area contributed by atoms with Crippen molar-refractivity contribution in [2.24, 2.45) is 5.41 Å². The Kier molecular flexibility index (Phi) is 2.14. The first kappa shape index (κ1) is 9.45. The molecule has 1 nitrogen and oxygen atoms in total. The van der Waals surface area contributed by atoms with Crippen LogP contribution < -0.4 is 0 Å². The van der Waals surface area contributed by atoms with Gasteiger partial charge in [-0.25, -0.2) is 4.39 Å². The van der Waals surface area contributed by atoms with Crippen molar-refractivity contribution in [3.63, 3.8) is 0 Å². The van der Waals surface area contributed by atoms with Gasteiger partial charge in [0.25, 0.3) is 0 Å². The second-order valence-corrected chi connectivity index (χ2v) is 5.59. The molecule has 76 valence electrons. The maximum Gasteiger partial charge on any atom is 0.123 e. The first-order valence-electron chi connectivity index (χ1n) is 5.41. The quantitative estimate of drug-likeness (QED) is 0.639. The van der Waals surface area contributed by atoms with E-state index in [-0.39, 0.29) is 0 Å². The van der Waals surface area contributed by atoms with Crippen molar-refractivity contribution in [2.45, 2.75) is 45.2 Å². The zero-order valence-corrected chi connectivity index (χ0v) is 8.77. The summed E-state index contributed by atoms with van der Waals surface area (Å²) in [7, 11) is 0. The summed E-state index contributed by atoms with van der Waals surface area (Å²) in [5.41, 5.74) is -0.301. The molecule has 0 aromatic carbocycles. The van der Waals surface area contributed by atoms with Gasteiger partial charge < -0.3 is 4.90 Å². The smallest absolute Gasteiger partial charge is 0.123 e. The zero-order valence-electron chi connectivity index (χ0n) is 8.77. The SMILES string of the molecule is CC1(C)CCN(CC2(F)CC2)CC1. The van der Waals surface area contributed by atoms with E-state index in [1.165, 1.54) is 12.8 Å². The second-order valence-electron chi connectivity index (χ2n) is 5.59. The van der Waals surface area contributed by atoms with E-state index in [0.29, 0.717) is 12.0 Å². The molecule has 0 unspecified atom stereocenters. The minimum Gasteiger partial charge on any atom is -0.300 e. The summed E-state index contributed by atoms with van der Waals surface area (Å²) in [6, 6.07) is 0. The average Bonchev–Trinajstić information content (AvgIpc) is 2.74. The van der Waals surface area contributed by atoms with Gasteiger partial charge in [0.15, 0.2) is 0 Å². The Bertz CT molecular complexity index is 186. The van der Waals surface area contributed by atoms with Crippen LogP contribution in [0.25, 0.3) is 0 Å². The minimum absolute atomic E-state index is 0.490. The Balaban J connectivity index is 1.78. The molecule has 1 heterocycles. The molecule has 2 rings (SSSR count). The minimum atomic E-state index is -0.790. The number of likely N-dealkylation sites (tertiary alicyclic amines) is 1. The van der Waals surface area contributed by atoms with Crippen LogP contribution in [-0.4, -0.2) is 30.2 Å². The lowest BCUT2D eigenvalue weighted by Crippen LogP contribution is -2.41. The molecule has 13 heavy (non-hydrogen) atoms. The van der Waals surface area contributed by atoms with Gasteiger partial charge in [0, 0.05) is 6.54 Å². The highest BCUT2D eigenvalue weighted by Gasteiger charge is 2.45. The Hall–Kier alpha value is -0.110. The van der Waals surface area contributed by atoms with E-state index in [0.717, 1.165) is 25.9 Å². The van der Waals surface area contributed by atoms with Gasteiger partial charge in [0.2, 0.25) is 0 Å². The van der Waals surface area contributed by atoms with Gasteiger partial charge in [-0.15, -0.1) is 0 Å². The van der Waals surface area contributed by atoms with E-state index in [1.807, 2.05) is 0 Å². The maximum atomic E-state index is 13.4. The largest absolute Gasteiger partial charge is 0.300 e. The summed E-state index contributed by atoms with van der Waals surface area (Å²) in [5.74, 6) is 0. The van der Waals surface area contributed by atoms with Crippen molar-refractivity contribution in [1.29, 1.82) is 0 Å². The van der Waals surface area contributed by atoms with E-state index in [2.05, 4.69) is 18.7 Å². The molecule has 0 amide bonds. The van der Waals surface area contributed by atoms with Crippen molar-refractivity contribution in [2.75, 3.05) is 19.6 Å². The molecular formula is C11H20FN. The predicted molar refractivity (Wildman–Crippen MR) is 52.5 cm³/mol. The van der Waals surface area contributed by atoms with Gasteiger partial charge in [0.1, 0.15) is 5.67 Å². The molecule has 1 aliphatic heterocycles. The van der Waals surface area contributed by atoms with Crippen LogP contribution in [0.4, 0.5) is 4.39 Å². The predicted octanol–water partition coefficient (Wildman–Crippen LogP) is 2.61. The molecule has 1 aliphatic carbocycles. The van der Waals surface area contributed by atoms with Crippen LogP contribution in [0.2, 0.25) is 0 Å². The molecule has 0 N–H and O–H groups in total. The van der Waals surface area contributed by atoms with Crippen LogP contribution in [0.5, 0.6) is 0 Å². The fourth-order valence-electron chi connectivity index (χ4n) is 2.01. The third kappa shape index (κ3) is 2.43. The highest BCUT2D eigenvalue weighted by atomic mass is 19.1. The lowest BCUT2D eigenvalue weighted by atomic mass is 9.82. The molecule has 2 fully saturated rings. The van der Waals surface area contributed by atoms with Crippen molar-refractivity contribution in [3.05, 3.63) is 0 Å². The van der Waals surface area contributed by atoms with Gasteiger partial charge in [-0.05, 0) is 44.2 Å². The Morgan fingerprint density at radius 3 is 2.08 bits per heavy atom. The lowest BCUT2D eigenvalue weighted by molar-refractivity contribution is 0.0981. The van der Waals surface area contributed by atoms with Crippen LogP contribution in [0, 0.1) is 5.41 Å². The first-order valence-corrected chi connectivity index (χ1v) is 5.41. The molecule has 0 aromatic heterocycles. The molecule has 0 spiro atoms. The Morgan fingerprint density at radius 2 is 1.62 bits per heavy atom. The summed E-state index contributed by atoms with van der Waals surface area (Å²) >= 11 is 0. The topological polar surface area (TPSA) is 3.24 Å². The molecule has 0 radical (unpaired) electrons. The highest BCUT2D eigenvalue weighted by Crippen LogP contribution is 2.41. The maximum absolute atomic E-state index is 13.4. The number of nitrogens with zero attached hydrogens (tertiary/aromatic N) is 1. The third-order valence-corrected chi connectivity index (χ3v) is 3.51. The fraction of sp³-hybridized carbons (Fsp3) is 1.00. The number of hydrogen-bond donors (Lipinski definition) is 0. The normalized spacial score (nSPS) is 31.6. The number of piperidine rings is 1.